The van der Waals surface area contributed by atoms with Gasteiger partial charge in [-0.15, -0.1) is 23.1 Å². The Balaban J connectivity index is 1.53. The first-order valence-electron chi connectivity index (χ1n) is 10.4. The molecule has 0 saturated carbocycles. The van der Waals surface area contributed by atoms with Gasteiger partial charge >= 0.3 is 0 Å². The van der Waals surface area contributed by atoms with E-state index in [1.807, 2.05) is 92.0 Å². The smallest absolute Gasteiger partial charge is 0.255 e. The first kappa shape index (κ1) is 22.8. The van der Waals surface area contributed by atoms with Gasteiger partial charge in [-0.25, -0.2) is 4.98 Å². The highest BCUT2D eigenvalue weighted by Gasteiger charge is 2.23. The van der Waals surface area contributed by atoms with Gasteiger partial charge in [0.25, 0.3) is 5.91 Å². The molecule has 33 heavy (non-hydrogen) atoms. The van der Waals surface area contributed by atoms with Gasteiger partial charge in [0.1, 0.15) is 5.25 Å². The molecule has 0 radical (unpaired) electrons. The molecule has 0 saturated heterocycles. The highest BCUT2D eigenvalue weighted by molar-refractivity contribution is 8.00. The zero-order chi connectivity index (χ0) is 23.2. The Labute approximate surface area is 201 Å². The third-order valence-electron chi connectivity index (χ3n) is 4.82. The minimum absolute atomic E-state index is 0.144. The van der Waals surface area contributed by atoms with Crippen molar-refractivity contribution >= 4 is 45.7 Å². The number of carbonyl (C=O) groups is 2. The van der Waals surface area contributed by atoms with Crippen LogP contribution in [0, 0.1) is 13.8 Å². The fourth-order valence-corrected chi connectivity index (χ4v) is 5.03. The quantitative estimate of drug-likeness (QED) is 0.301. The molecule has 1 unspecified atom stereocenters. The van der Waals surface area contributed by atoms with Gasteiger partial charge in [0.2, 0.25) is 5.91 Å². The number of aromatic nitrogens is 1. The summed E-state index contributed by atoms with van der Waals surface area (Å²) >= 11 is 2.83. The fourth-order valence-electron chi connectivity index (χ4n) is 3.26. The number of anilines is 2. The zero-order valence-electron chi connectivity index (χ0n) is 18.2. The number of carbonyl (C=O) groups excluding carboxylic acids is 2. The van der Waals surface area contributed by atoms with Crippen LogP contribution in [0.2, 0.25) is 0 Å². The van der Waals surface area contributed by atoms with Crippen LogP contribution in [0.15, 0.2) is 89.1 Å². The van der Waals surface area contributed by atoms with Crippen molar-refractivity contribution < 1.29 is 9.59 Å². The molecule has 7 heteroatoms. The molecule has 0 fully saturated rings. The van der Waals surface area contributed by atoms with Gasteiger partial charge in [0.15, 0.2) is 5.13 Å². The number of hydrogen-bond acceptors (Lipinski definition) is 5. The van der Waals surface area contributed by atoms with Crippen molar-refractivity contribution in [3.8, 4) is 0 Å². The van der Waals surface area contributed by atoms with E-state index in [1.54, 1.807) is 6.07 Å². The summed E-state index contributed by atoms with van der Waals surface area (Å²) in [6.07, 6.45) is 0. The molecule has 0 aliphatic carbocycles. The lowest BCUT2D eigenvalue weighted by atomic mass is 10.1. The third-order valence-corrected chi connectivity index (χ3v) is 6.94. The second-order valence-electron chi connectivity index (χ2n) is 7.54. The van der Waals surface area contributed by atoms with Gasteiger partial charge in [0.05, 0.1) is 5.69 Å². The van der Waals surface area contributed by atoms with Crippen LogP contribution in [0.1, 0.15) is 32.4 Å². The molecule has 3 aromatic carbocycles. The van der Waals surface area contributed by atoms with Crippen molar-refractivity contribution in [3.63, 3.8) is 0 Å². The number of thioether (sulfide) groups is 1. The highest BCUT2D eigenvalue weighted by atomic mass is 32.2. The zero-order valence-corrected chi connectivity index (χ0v) is 19.9. The Morgan fingerprint density at radius 2 is 1.70 bits per heavy atom. The Hall–Kier alpha value is -3.42. The summed E-state index contributed by atoms with van der Waals surface area (Å²) in [6.45, 7) is 3.85. The molecular formula is C26H23N3O2S2. The predicted octanol–water partition coefficient (Wildman–Crippen LogP) is 6.48. The van der Waals surface area contributed by atoms with Crippen molar-refractivity contribution in [1.29, 1.82) is 0 Å². The summed E-state index contributed by atoms with van der Waals surface area (Å²) in [4.78, 5) is 31.0. The van der Waals surface area contributed by atoms with Crippen LogP contribution in [-0.2, 0) is 4.79 Å². The van der Waals surface area contributed by atoms with Crippen molar-refractivity contribution in [3.05, 3.63) is 107 Å². The summed E-state index contributed by atoms with van der Waals surface area (Å²) in [6, 6.07) is 24.6. The lowest BCUT2D eigenvalue weighted by Crippen LogP contribution is -2.19. The summed E-state index contributed by atoms with van der Waals surface area (Å²) < 4.78 is 0. The third kappa shape index (κ3) is 6.09. The van der Waals surface area contributed by atoms with Crippen LogP contribution < -0.4 is 10.6 Å². The van der Waals surface area contributed by atoms with Crippen LogP contribution >= 0.6 is 23.1 Å². The number of nitrogens with zero attached hydrogens (tertiary/aromatic N) is 1. The molecule has 4 rings (SSSR count). The number of rotatable bonds is 7. The number of thiazole rings is 1. The predicted molar refractivity (Wildman–Crippen MR) is 136 cm³/mol. The van der Waals surface area contributed by atoms with E-state index in [2.05, 4.69) is 15.6 Å². The number of hydrogen-bond donors (Lipinski definition) is 2. The van der Waals surface area contributed by atoms with Gasteiger partial charge in [-0.3, -0.25) is 9.59 Å². The minimum Gasteiger partial charge on any atom is -0.322 e. The molecule has 5 nitrogen and oxygen atoms in total. The second kappa shape index (κ2) is 10.5. The normalized spacial score (nSPS) is 11.6. The fraction of sp³-hybridized carbons (Fsp3) is 0.115. The second-order valence-corrected chi connectivity index (χ2v) is 9.58. The number of amides is 2. The largest absolute Gasteiger partial charge is 0.322 e. The molecule has 166 valence electrons. The summed E-state index contributed by atoms with van der Waals surface area (Å²) in [5.41, 5.74) is 4.07. The standard InChI is InChI=1S/C26H23N3O2S2/c1-17-8-6-11-20(14-17)24(30)28-21-12-7-13-22(15-21)33-23(19-9-4-3-5-10-19)25(31)29-26-27-18(2)16-32-26/h3-16,23H,1-2H3,(H,28,30)(H,27,29,31). The number of aryl methyl sites for hydroxylation is 2. The van der Waals surface area contributed by atoms with Crippen molar-refractivity contribution in [2.75, 3.05) is 10.6 Å². The molecule has 2 N–H and O–H groups in total. The monoisotopic (exact) mass is 473 g/mol. The van der Waals surface area contributed by atoms with E-state index >= 15 is 0 Å². The molecule has 0 spiro atoms. The van der Waals surface area contributed by atoms with E-state index in [1.165, 1.54) is 23.1 Å². The molecule has 1 atom stereocenters. The molecule has 0 aliphatic rings. The maximum absolute atomic E-state index is 13.2. The lowest BCUT2D eigenvalue weighted by Gasteiger charge is -2.17. The summed E-state index contributed by atoms with van der Waals surface area (Å²) in [5.74, 6) is -0.313. The SMILES string of the molecule is Cc1cccc(C(=O)Nc2cccc(SC(C(=O)Nc3nc(C)cs3)c3ccccc3)c2)c1. The van der Waals surface area contributed by atoms with E-state index in [-0.39, 0.29) is 11.8 Å². The number of nitrogens with one attached hydrogen (secondary N) is 2. The Kier molecular flexibility index (Phi) is 7.22. The first-order valence-corrected chi connectivity index (χ1v) is 12.2. The molecule has 1 aromatic heterocycles. The molecular weight excluding hydrogens is 450 g/mol. The molecule has 0 aliphatic heterocycles. The Morgan fingerprint density at radius 3 is 2.42 bits per heavy atom. The van der Waals surface area contributed by atoms with E-state index in [9.17, 15) is 9.59 Å². The van der Waals surface area contributed by atoms with Crippen LogP contribution in [0.25, 0.3) is 0 Å². The van der Waals surface area contributed by atoms with Crippen LogP contribution in [0.5, 0.6) is 0 Å². The molecule has 2 amide bonds. The van der Waals surface area contributed by atoms with Gasteiger partial charge < -0.3 is 10.6 Å². The van der Waals surface area contributed by atoms with E-state index < -0.39 is 5.25 Å². The maximum Gasteiger partial charge on any atom is 0.255 e. The minimum atomic E-state index is -0.474. The van der Waals surface area contributed by atoms with E-state index in [0.29, 0.717) is 16.4 Å². The number of benzene rings is 3. The van der Waals surface area contributed by atoms with Gasteiger partial charge in [0, 0.05) is 21.5 Å². The molecule has 1 heterocycles. The van der Waals surface area contributed by atoms with Crippen LogP contribution in [-0.4, -0.2) is 16.8 Å². The summed E-state index contributed by atoms with van der Waals surface area (Å²) in [5, 5.41) is 7.89. The average molecular weight is 474 g/mol. The molecule has 4 aromatic rings. The Morgan fingerprint density at radius 1 is 0.909 bits per heavy atom. The van der Waals surface area contributed by atoms with Crippen LogP contribution in [0.3, 0.4) is 0 Å². The van der Waals surface area contributed by atoms with E-state index in [4.69, 9.17) is 0 Å². The van der Waals surface area contributed by atoms with Gasteiger partial charge in [-0.2, -0.15) is 0 Å². The van der Waals surface area contributed by atoms with Gasteiger partial charge in [-0.1, -0.05) is 54.1 Å². The van der Waals surface area contributed by atoms with Crippen molar-refractivity contribution in [1.82, 2.24) is 4.98 Å². The van der Waals surface area contributed by atoms with E-state index in [0.717, 1.165) is 21.7 Å². The van der Waals surface area contributed by atoms with Crippen molar-refractivity contribution in [2.45, 2.75) is 24.0 Å². The topological polar surface area (TPSA) is 71.1 Å². The first-order chi connectivity index (χ1) is 16.0. The average Bonchev–Trinajstić information content (AvgIpc) is 3.22. The molecule has 0 bridgehead atoms. The maximum atomic E-state index is 13.2. The Bertz CT molecular complexity index is 1270. The lowest BCUT2D eigenvalue weighted by molar-refractivity contribution is -0.115. The van der Waals surface area contributed by atoms with Gasteiger partial charge in [-0.05, 0) is 49.7 Å². The van der Waals surface area contributed by atoms with Crippen molar-refractivity contribution in [2.24, 2.45) is 0 Å². The van der Waals surface area contributed by atoms with Crippen LogP contribution in [0.4, 0.5) is 10.8 Å². The summed E-state index contributed by atoms with van der Waals surface area (Å²) in [7, 11) is 0. The highest BCUT2D eigenvalue weighted by Crippen LogP contribution is 2.37.